The lowest BCUT2D eigenvalue weighted by Crippen LogP contribution is -2.50. The Kier molecular flexibility index (Phi) is 5.35. The Morgan fingerprint density at radius 1 is 1.35 bits per heavy atom. The largest absolute Gasteiger partial charge is 0.481 e. The van der Waals surface area contributed by atoms with E-state index in [1.165, 1.54) is 11.8 Å². The molecule has 1 aliphatic carbocycles. The van der Waals surface area contributed by atoms with Crippen molar-refractivity contribution in [2.45, 2.75) is 50.2 Å². The van der Waals surface area contributed by atoms with Crippen molar-refractivity contribution < 1.29 is 24.9 Å². The van der Waals surface area contributed by atoms with E-state index in [1.807, 2.05) is 0 Å². The summed E-state index contributed by atoms with van der Waals surface area (Å²) in [5.41, 5.74) is -2.32. The van der Waals surface area contributed by atoms with E-state index >= 15 is 0 Å². The third-order valence-corrected chi connectivity index (χ3v) is 3.56. The lowest BCUT2D eigenvalue weighted by Gasteiger charge is -2.30. The maximum Gasteiger partial charge on any atom is 0.317 e. The molecule has 1 rings (SSSR count). The van der Waals surface area contributed by atoms with Crippen LogP contribution < -0.4 is 5.32 Å². The molecule has 7 nitrogen and oxygen atoms in total. The molecular formula is C13H24N2O5. The fraction of sp³-hybridized carbons (Fsp3) is 0.846. The number of hydrogen-bond acceptors (Lipinski definition) is 4. The van der Waals surface area contributed by atoms with E-state index in [0.29, 0.717) is 12.8 Å². The second-order valence-electron chi connectivity index (χ2n) is 6.01. The first-order chi connectivity index (χ1) is 9.14. The van der Waals surface area contributed by atoms with Gasteiger partial charge in [-0.3, -0.25) is 4.79 Å². The number of urea groups is 1. The minimum absolute atomic E-state index is 0.152. The average molecular weight is 288 g/mol. The molecule has 0 aromatic rings. The Bertz CT molecular complexity index is 364. The van der Waals surface area contributed by atoms with Gasteiger partial charge in [-0.25, -0.2) is 4.79 Å². The van der Waals surface area contributed by atoms with Crippen LogP contribution in [0.25, 0.3) is 0 Å². The Balaban J connectivity index is 2.40. The standard InChI is InChI=1S/C13H24N2O5/c1-12(19,7-10(16)17)8-14-11(18)15(2)9-13(20)5-3-4-6-13/h19-20H,3-9H2,1-2H3,(H,14,18)(H,16,17). The van der Waals surface area contributed by atoms with Crippen LogP contribution in [0.2, 0.25) is 0 Å². The summed E-state index contributed by atoms with van der Waals surface area (Å²) >= 11 is 0. The zero-order valence-corrected chi connectivity index (χ0v) is 12.1. The van der Waals surface area contributed by atoms with Crippen LogP contribution in [-0.2, 0) is 4.79 Å². The molecule has 116 valence electrons. The Morgan fingerprint density at radius 2 is 1.90 bits per heavy atom. The smallest absolute Gasteiger partial charge is 0.317 e. The maximum atomic E-state index is 11.9. The summed E-state index contributed by atoms with van der Waals surface area (Å²) in [5.74, 6) is -1.13. The van der Waals surface area contributed by atoms with Crippen LogP contribution >= 0.6 is 0 Å². The summed E-state index contributed by atoms with van der Waals surface area (Å²) in [6.45, 7) is 1.44. The monoisotopic (exact) mass is 288 g/mol. The van der Waals surface area contributed by atoms with Gasteiger partial charge >= 0.3 is 12.0 Å². The van der Waals surface area contributed by atoms with Crippen LogP contribution in [0.15, 0.2) is 0 Å². The second-order valence-corrected chi connectivity index (χ2v) is 6.01. The van der Waals surface area contributed by atoms with E-state index in [4.69, 9.17) is 5.11 Å². The van der Waals surface area contributed by atoms with Crippen molar-refractivity contribution in [2.24, 2.45) is 0 Å². The van der Waals surface area contributed by atoms with Gasteiger partial charge in [-0.15, -0.1) is 0 Å². The molecular weight excluding hydrogens is 264 g/mol. The maximum absolute atomic E-state index is 11.9. The van der Waals surface area contributed by atoms with Crippen molar-refractivity contribution in [3.8, 4) is 0 Å². The number of aliphatic carboxylic acids is 1. The van der Waals surface area contributed by atoms with Gasteiger partial charge < -0.3 is 25.5 Å². The second kappa shape index (κ2) is 6.41. The van der Waals surface area contributed by atoms with Crippen molar-refractivity contribution in [1.82, 2.24) is 10.2 Å². The van der Waals surface area contributed by atoms with Crippen LogP contribution in [0.4, 0.5) is 4.79 Å². The number of nitrogens with zero attached hydrogens (tertiary/aromatic N) is 1. The van der Waals surface area contributed by atoms with Crippen molar-refractivity contribution in [3.63, 3.8) is 0 Å². The topological polar surface area (TPSA) is 110 Å². The number of aliphatic hydroxyl groups is 2. The van der Waals surface area contributed by atoms with Crippen LogP contribution in [0, 0.1) is 0 Å². The molecule has 0 radical (unpaired) electrons. The Labute approximate surface area is 118 Å². The number of nitrogens with one attached hydrogen (secondary N) is 1. The number of carboxylic acid groups (broad SMARTS) is 1. The van der Waals surface area contributed by atoms with Gasteiger partial charge in [0.1, 0.15) is 0 Å². The first-order valence-corrected chi connectivity index (χ1v) is 6.79. The molecule has 0 bridgehead atoms. The molecule has 1 aliphatic rings. The first-order valence-electron chi connectivity index (χ1n) is 6.79. The molecule has 0 spiro atoms. The first kappa shape index (κ1) is 16.7. The molecule has 0 heterocycles. The molecule has 1 unspecified atom stereocenters. The molecule has 0 aliphatic heterocycles. The van der Waals surface area contributed by atoms with E-state index in [-0.39, 0.29) is 13.1 Å². The molecule has 7 heteroatoms. The average Bonchev–Trinajstić information content (AvgIpc) is 2.71. The van der Waals surface area contributed by atoms with Gasteiger partial charge in [0.05, 0.1) is 24.2 Å². The molecule has 0 aromatic carbocycles. The van der Waals surface area contributed by atoms with Crippen LogP contribution in [0.5, 0.6) is 0 Å². The highest BCUT2D eigenvalue weighted by Crippen LogP contribution is 2.29. The molecule has 1 atom stereocenters. The van der Waals surface area contributed by atoms with E-state index in [1.54, 1.807) is 7.05 Å². The number of likely N-dealkylation sites (N-methyl/N-ethyl adjacent to an activating group) is 1. The number of rotatable bonds is 6. The third-order valence-electron chi connectivity index (χ3n) is 3.56. The zero-order valence-electron chi connectivity index (χ0n) is 12.1. The van der Waals surface area contributed by atoms with Crippen LogP contribution in [-0.4, -0.2) is 63.6 Å². The Morgan fingerprint density at radius 3 is 2.40 bits per heavy atom. The quantitative estimate of drug-likeness (QED) is 0.556. The summed E-state index contributed by atoms with van der Waals surface area (Å²) in [6.07, 6.45) is 2.84. The third kappa shape index (κ3) is 5.34. The van der Waals surface area contributed by atoms with Crippen LogP contribution in [0.3, 0.4) is 0 Å². The minimum atomic E-state index is -1.49. The number of carboxylic acids is 1. The zero-order chi connectivity index (χ0) is 15.4. The van der Waals surface area contributed by atoms with Crippen molar-refractivity contribution in [2.75, 3.05) is 20.1 Å². The van der Waals surface area contributed by atoms with E-state index in [0.717, 1.165) is 12.8 Å². The predicted octanol–water partition coefficient (Wildman–Crippen LogP) is 0.159. The molecule has 1 saturated carbocycles. The highest BCUT2D eigenvalue weighted by Gasteiger charge is 2.34. The summed E-state index contributed by atoms with van der Waals surface area (Å²) < 4.78 is 0. The van der Waals surface area contributed by atoms with Crippen molar-refractivity contribution in [1.29, 1.82) is 0 Å². The van der Waals surface area contributed by atoms with Gasteiger partial charge in [-0.2, -0.15) is 0 Å². The van der Waals surface area contributed by atoms with Gasteiger partial charge in [-0.05, 0) is 19.8 Å². The van der Waals surface area contributed by atoms with Crippen molar-refractivity contribution >= 4 is 12.0 Å². The molecule has 0 saturated heterocycles. The van der Waals surface area contributed by atoms with Gasteiger partial charge in [-0.1, -0.05) is 12.8 Å². The minimum Gasteiger partial charge on any atom is -0.481 e. The predicted molar refractivity (Wildman–Crippen MR) is 72.3 cm³/mol. The van der Waals surface area contributed by atoms with Crippen molar-refractivity contribution in [3.05, 3.63) is 0 Å². The molecule has 0 aromatic heterocycles. The fourth-order valence-electron chi connectivity index (χ4n) is 2.49. The molecule has 4 N–H and O–H groups in total. The summed E-state index contributed by atoms with van der Waals surface area (Å²) in [4.78, 5) is 23.8. The SMILES string of the molecule is CN(CC1(O)CCCC1)C(=O)NCC(C)(O)CC(=O)O. The Hall–Kier alpha value is -1.34. The van der Waals surface area contributed by atoms with E-state index < -0.39 is 29.6 Å². The van der Waals surface area contributed by atoms with Gasteiger partial charge in [0.15, 0.2) is 0 Å². The van der Waals surface area contributed by atoms with E-state index in [2.05, 4.69) is 5.32 Å². The van der Waals surface area contributed by atoms with E-state index in [9.17, 15) is 19.8 Å². The summed E-state index contributed by atoms with van der Waals surface area (Å²) in [6, 6.07) is -0.434. The van der Waals surface area contributed by atoms with Gasteiger partial charge in [0, 0.05) is 13.6 Å². The van der Waals surface area contributed by atoms with Crippen LogP contribution in [0.1, 0.15) is 39.0 Å². The van der Waals surface area contributed by atoms with Gasteiger partial charge in [0.25, 0.3) is 0 Å². The number of amides is 2. The fourth-order valence-corrected chi connectivity index (χ4v) is 2.49. The molecule has 1 fully saturated rings. The number of carbonyl (C=O) groups is 2. The highest BCUT2D eigenvalue weighted by molar-refractivity contribution is 5.74. The lowest BCUT2D eigenvalue weighted by atomic mass is 10.0. The summed E-state index contributed by atoms with van der Waals surface area (Å²) in [5, 5.41) is 31.1. The highest BCUT2D eigenvalue weighted by atomic mass is 16.4. The number of hydrogen-bond donors (Lipinski definition) is 4. The van der Waals surface area contributed by atoms with Gasteiger partial charge in [0.2, 0.25) is 0 Å². The molecule has 2 amide bonds. The lowest BCUT2D eigenvalue weighted by molar-refractivity contribution is -0.141. The normalized spacial score (nSPS) is 20.2. The molecule has 20 heavy (non-hydrogen) atoms. The summed E-state index contributed by atoms with van der Waals surface area (Å²) in [7, 11) is 1.57. The number of carbonyl (C=O) groups excluding carboxylic acids is 1.